The molecule has 4 rings (SSSR count). The summed E-state index contributed by atoms with van der Waals surface area (Å²) in [5, 5.41) is 10.5. The van der Waals surface area contributed by atoms with Crippen molar-refractivity contribution in [2.24, 2.45) is 0 Å². The second kappa shape index (κ2) is 9.73. The Labute approximate surface area is 184 Å². The zero-order valence-electron chi connectivity index (χ0n) is 16.6. The molecule has 7 heteroatoms. The number of rotatable bonds is 8. The van der Waals surface area contributed by atoms with Crippen molar-refractivity contribution in [2.75, 3.05) is 0 Å². The highest BCUT2D eigenvalue weighted by atomic mass is 32.2. The van der Waals surface area contributed by atoms with Crippen LogP contribution in [0, 0.1) is 6.92 Å². The number of benzene rings is 2. The molecule has 152 valence electrons. The number of hydrogen-bond donors (Lipinski definition) is 1. The topological polar surface area (TPSA) is 59.8 Å². The largest absolute Gasteiger partial charge is 0.348 e. The third kappa shape index (κ3) is 5.17. The molecule has 0 atom stereocenters. The van der Waals surface area contributed by atoms with Crippen molar-refractivity contribution < 1.29 is 4.79 Å². The van der Waals surface area contributed by atoms with Crippen molar-refractivity contribution in [3.8, 4) is 0 Å². The van der Waals surface area contributed by atoms with Crippen LogP contribution in [0.3, 0.4) is 0 Å². The van der Waals surface area contributed by atoms with Crippen molar-refractivity contribution >= 4 is 29.0 Å². The molecule has 0 saturated carbocycles. The lowest BCUT2D eigenvalue weighted by Crippen LogP contribution is -2.24. The smallest absolute Gasteiger partial charge is 0.252 e. The number of thiazole rings is 1. The first-order chi connectivity index (χ1) is 14.7. The van der Waals surface area contributed by atoms with Crippen molar-refractivity contribution in [2.45, 2.75) is 30.7 Å². The maximum absolute atomic E-state index is 12.9. The molecule has 0 aliphatic rings. The number of aryl methyl sites for hydroxylation is 1. The van der Waals surface area contributed by atoms with Gasteiger partial charge in [0.15, 0.2) is 0 Å². The van der Waals surface area contributed by atoms with Crippen LogP contribution in [0.1, 0.15) is 32.2 Å². The van der Waals surface area contributed by atoms with E-state index in [0.29, 0.717) is 18.7 Å². The number of nitrogens with one attached hydrogen (secondary N) is 1. The van der Waals surface area contributed by atoms with Gasteiger partial charge in [0.05, 0.1) is 22.8 Å². The summed E-state index contributed by atoms with van der Waals surface area (Å²) < 4.78 is 1.88. The van der Waals surface area contributed by atoms with Crippen molar-refractivity contribution in [3.05, 3.63) is 99.8 Å². The highest BCUT2D eigenvalue weighted by Crippen LogP contribution is 2.27. The van der Waals surface area contributed by atoms with Crippen LogP contribution >= 0.6 is 23.1 Å². The molecular weight excluding hydrogens is 412 g/mol. The van der Waals surface area contributed by atoms with Gasteiger partial charge in [0.2, 0.25) is 0 Å². The van der Waals surface area contributed by atoms with Gasteiger partial charge in [0.25, 0.3) is 5.91 Å². The first kappa shape index (κ1) is 20.4. The molecule has 1 amide bonds. The summed E-state index contributed by atoms with van der Waals surface area (Å²) in [6, 6.07) is 17.8. The summed E-state index contributed by atoms with van der Waals surface area (Å²) in [4.78, 5) is 18.4. The van der Waals surface area contributed by atoms with Crippen molar-refractivity contribution in [1.29, 1.82) is 0 Å². The minimum absolute atomic E-state index is 0.0681. The summed E-state index contributed by atoms with van der Waals surface area (Å²) >= 11 is 3.29. The summed E-state index contributed by atoms with van der Waals surface area (Å²) in [6.07, 6.45) is 3.71. The highest BCUT2D eigenvalue weighted by molar-refractivity contribution is 7.98. The van der Waals surface area contributed by atoms with E-state index >= 15 is 0 Å². The molecule has 1 N–H and O–H groups in total. The molecular formula is C23H22N4OS2. The third-order valence-corrected chi connectivity index (χ3v) is 6.55. The molecule has 30 heavy (non-hydrogen) atoms. The normalized spacial score (nSPS) is 10.8. The molecule has 5 nitrogen and oxygen atoms in total. The fraction of sp³-hybridized carbons (Fsp3) is 0.174. The standard InChI is InChI=1S/C23H22N4OS2/c1-17-26-20(15-29-17)16-30-22-10-5-4-9-21(22)23(28)24-13-18-7-2-3-8-19(18)14-27-12-6-11-25-27/h2-12,15H,13-14,16H2,1H3,(H,24,28). The van der Waals surface area contributed by atoms with E-state index in [1.165, 1.54) is 0 Å². The molecule has 2 heterocycles. The number of aromatic nitrogens is 3. The predicted molar refractivity (Wildman–Crippen MR) is 122 cm³/mol. The van der Waals surface area contributed by atoms with Crippen molar-refractivity contribution in [3.63, 3.8) is 0 Å². The summed E-state index contributed by atoms with van der Waals surface area (Å²) in [7, 11) is 0. The summed E-state index contributed by atoms with van der Waals surface area (Å²) in [6.45, 7) is 3.16. The van der Waals surface area contributed by atoms with E-state index in [-0.39, 0.29) is 5.91 Å². The molecule has 2 aromatic heterocycles. The average molecular weight is 435 g/mol. The van der Waals surface area contributed by atoms with Crippen LogP contribution in [0.25, 0.3) is 0 Å². The van der Waals surface area contributed by atoms with Gasteiger partial charge < -0.3 is 5.32 Å². The Morgan fingerprint density at radius 1 is 1.10 bits per heavy atom. The van der Waals surface area contributed by atoms with Gasteiger partial charge in [-0.05, 0) is 36.2 Å². The van der Waals surface area contributed by atoms with E-state index in [9.17, 15) is 4.79 Å². The van der Waals surface area contributed by atoms with Gasteiger partial charge in [0.1, 0.15) is 0 Å². The van der Waals surface area contributed by atoms with E-state index < -0.39 is 0 Å². The fourth-order valence-electron chi connectivity index (χ4n) is 3.13. The predicted octanol–water partition coefficient (Wildman–Crippen LogP) is 4.92. The van der Waals surface area contributed by atoms with Gasteiger partial charge >= 0.3 is 0 Å². The second-order valence-corrected chi connectivity index (χ2v) is 8.88. The quantitative estimate of drug-likeness (QED) is 0.400. The van der Waals surface area contributed by atoms with Crippen LogP contribution in [0.5, 0.6) is 0 Å². The van der Waals surface area contributed by atoms with Gasteiger partial charge in [-0.2, -0.15) is 5.10 Å². The Balaban J connectivity index is 1.42. The zero-order chi connectivity index (χ0) is 20.8. The highest BCUT2D eigenvalue weighted by Gasteiger charge is 2.13. The van der Waals surface area contributed by atoms with E-state index in [1.54, 1.807) is 29.3 Å². The Bertz CT molecular complexity index is 1120. The van der Waals surface area contributed by atoms with Crippen LogP contribution in [-0.2, 0) is 18.8 Å². The van der Waals surface area contributed by atoms with Crippen LogP contribution in [0.4, 0.5) is 0 Å². The summed E-state index contributed by atoms with van der Waals surface area (Å²) in [5.74, 6) is 0.683. The van der Waals surface area contributed by atoms with Gasteiger partial charge in [-0.1, -0.05) is 36.4 Å². The number of amides is 1. The molecule has 0 aliphatic heterocycles. The maximum atomic E-state index is 12.9. The van der Waals surface area contributed by atoms with E-state index in [2.05, 4.69) is 26.8 Å². The molecule has 2 aromatic carbocycles. The van der Waals surface area contributed by atoms with Crippen molar-refractivity contribution in [1.82, 2.24) is 20.1 Å². The van der Waals surface area contributed by atoms with Crippen LogP contribution < -0.4 is 5.32 Å². The SMILES string of the molecule is Cc1nc(CSc2ccccc2C(=O)NCc2ccccc2Cn2cccn2)cs1. The summed E-state index contributed by atoms with van der Waals surface area (Å²) in [5.41, 5.74) is 3.97. The number of thioether (sulfide) groups is 1. The van der Waals surface area contributed by atoms with Gasteiger partial charge in [-0.15, -0.1) is 23.1 Å². The number of carbonyl (C=O) groups is 1. The lowest BCUT2D eigenvalue weighted by molar-refractivity contribution is 0.0948. The lowest BCUT2D eigenvalue weighted by Gasteiger charge is -2.12. The Kier molecular flexibility index (Phi) is 6.61. The Hall–Kier alpha value is -2.90. The van der Waals surface area contributed by atoms with Gasteiger partial charge in [0, 0.05) is 35.0 Å². The van der Waals surface area contributed by atoms with E-state index in [1.807, 2.05) is 66.3 Å². The minimum Gasteiger partial charge on any atom is -0.348 e. The molecule has 0 fully saturated rings. The zero-order valence-corrected chi connectivity index (χ0v) is 18.2. The van der Waals surface area contributed by atoms with Crippen LogP contribution in [-0.4, -0.2) is 20.7 Å². The second-order valence-electron chi connectivity index (χ2n) is 6.80. The average Bonchev–Trinajstić information content (AvgIpc) is 3.43. The first-order valence-electron chi connectivity index (χ1n) is 9.64. The Morgan fingerprint density at radius 3 is 2.67 bits per heavy atom. The Morgan fingerprint density at radius 2 is 1.90 bits per heavy atom. The molecule has 4 aromatic rings. The maximum Gasteiger partial charge on any atom is 0.252 e. The van der Waals surface area contributed by atoms with E-state index in [0.717, 1.165) is 32.5 Å². The lowest BCUT2D eigenvalue weighted by atomic mass is 10.1. The molecule has 0 saturated heterocycles. The number of hydrogen-bond acceptors (Lipinski definition) is 5. The first-order valence-corrected chi connectivity index (χ1v) is 11.5. The van der Waals surface area contributed by atoms with Gasteiger partial charge in [-0.3, -0.25) is 9.48 Å². The fourth-order valence-corrected chi connectivity index (χ4v) is 4.79. The van der Waals surface area contributed by atoms with Crippen LogP contribution in [0.2, 0.25) is 0 Å². The molecule has 0 unspecified atom stereocenters. The molecule has 0 radical (unpaired) electrons. The van der Waals surface area contributed by atoms with Gasteiger partial charge in [-0.25, -0.2) is 4.98 Å². The molecule has 0 spiro atoms. The number of nitrogens with zero attached hydrogens (tertiary/aromatic N) is 3. The minimum atomic E-state index is -0.0681. The third-order valence-electron chi connectivity index (χ3n) is 4.62. The molecule has 0 bridgehead atoms. The molecule has 0 aliphatic carbocycles. The van der Waals surface area contributed by atoms with E-state index in [4.69, 9.17) is 0 Å². The number of carbonyl (C=O) groups excluding carboxylic acids is 1. The van der Waals surface area contributed by atoms with Crippen LogP contribution in [0.15, 0.2) is 77.3 Å². The monoisotopic (exact) mass is 434 g/mol.